The van der Waals surface area contributed by atoms with Crippen molar-refractivity contribution in [1.29, 1.82) is 5.41 Å². The summed E-state index contributed by atoms with van der Waals surface area (Å²) in [5, 5.41) is 26.3. The van der Waals surface area contributed by atoms with Gasteiger partial charge in [-0.1, -0.05) is 18.6 Å². The van der Waals surface area contributed by atoms with Crippen molar-refractivity contribution >= 4 is 35.2 Å². The molecule has 3 aromatic rings. The van der Waals surface area contributed by atoms with Crippen LogP contribution in [0.2, 0.25) is 0 Å². The molecule has 0 unspecified atom stereocenters. The molecule has 0 saturated carbocycles. The van der Waals surface area contributed by atoms with Gasteiger partial charge in [0.2, 0.25) is 11.9 Å². The highest BCUT2D eigenvalue weighted by atomic mass is 16.6. The van der Waals surface area contributed by atoms with Crippen molar-refractivity contribution in [1.82, 2.24) is 20.3 Å². The van der Waals surface area contributed by atoms with Crippen LogP contribution in [-0.4, -0.2) is 89.9 Å². The number of nitrogens with zero attached hydrogens (tertiary/aromatic N) is 3. The van der Waals surface area contributed by atoms with E-state index in [1.807, 2.05) is 31.2 Å². The Morgan fingerprint density at radius 1 is 0.958 bits per heavy atom. The van der Waals surface area contributed by atoms with E-state index in [4.69, 9.17) is 29.1 Å². The van der Waals surface area contributed by atoms with Gasteiger partial charge in [0.15, 0.2) is 0 Å². The van der Waals surface area contributed by atoms with Gasteiger partial charge in [0.05, 0.1) is 38.6 Å². The molecule has 0 aliphatic carbocycles. The summed E-state index contributed by atoms with van der Waals surface area (Å²) in [7, 11) is 0. The smallest absolute Gasteiger partial charge is 0.326 e. The number of aromatic nitrogens is 3. The van der Waals surface area contributed by atoms with Crippen molar-refractivity contribution in [2.24, 2.45) is 0 Å². The first-order valence-electron chi connectivity index (χ1n) is 15.9. The van der Waals surface area contributed by atoms with E-state index in [0.29, 0.717) is 70.2 Å². The second kappa shape index (κ2) is 19.0. The molecular formula is C33H43N7O8. The first-order valence-corrected chi connectivity index (χ1v) is 15.9. The SMILES string of the molecule is CCOc1nc2nc(n1)Nc1ccc(C(=O)N[C@H](CCCCC(C)=N)C(=O)O)c(c1)OCCOCCOCCOc1ccc(cc1)CN2. The monoisotopic (exact) mass is 665 g/mol. The second-order valence-electron chi connectivity index (χ2n) is 10.8. The molecule has 1 atom stereocenters. The van der Waals surface area contributed by atoms with Crippen LogP contribution < -0.4 is 30.2 Å². The fourth-order valence-electron chi connectivity index (χ4n) is 4.59. The molecule has 15 heteroatoms. The molecule has 1 aromatic heterocycles. The van der Waals surface area contributed by atoms with Crippen molar-refractivity contribution in [3.63, 3.8) is 0 Å². The molecule has 1 amide bonds. The number of unbranched alkanes of at least 4 members (excludes halogenated alkanes) is 1. The number of anilines is 3. The summed E-state index contributed by atoms with van der Waals surface area (Å²) >= 11 is 0. The number of hydrogen-bond acceptors (Lipinski definition) is 13. The number of rotatable bonds is 10. The molecule has 258 valence electrons. The molecule has 48 heavy (non-hydrogen) atoms. The lowest BCUT2D eigenvalue weighted by Gasteiger charge is -2.17. The minimum atomic E-state index is -1.14. The van der Waals surface area contributed by atoms with E-state index in [-0.39, 0.29) is 48.9 Å². The molecule has 6 bridgehead atoms. The number of carbonyl (C=O) groups is 2. The lowest BCUT2D eigenvalue weighted by molar-refractivity contribution is -0.139. The van der Waals surface area contributed by atoms with E-state index in [1.54, 1.807) is 19.1 Å². The van der Waals surface area contributed by atoms with Gasteiger partial charge in [-0.2, -0.15) is 15.0 Å². The zero-order chi connectivity index (χ0) is 34.1. The Bertz CT molecular complexity index is 1510. The highest BCUT2D eigenvalue weighted by molar-refractivity contribution is 5.99. The molecule has 5 rings (SSSR count). The van der Waals surface area contributed by atoms with E-state index >= 15 is 0 Å². The van der Waals surface area contributed by atoms with Crippen LogP contribution in [0.25, 0.3) is 0 Å². The normalized spacial score (nSPS) is 14.6. The second-order valence-corrected chi connectivity index (χ2v) is 10.8. The number of carboxylic acids is 1. The molecule has 0 radical (unpaired) electrons. The van der Waals surface area contributed by atoms with Crippen LogP contribution in [0.1, 0.15) is 55.5 Å². The molecular weight excluding hydrogens is 622 g/mol. The average Bonchev–Trinajstić information content (AvgIpc) is 3.06. The van der Waals surface area contributed by atoms with Gasteiger partial charge in [-0.15, -0.1) is 0 Å². The summed E-state index contributed by atoms with van der Waals surface area (Å²) in [6, 6.07) is 11.4. The average molecular weight is 666 g/mol. The van der Waals surface area contributed by atoms with Crippen LogP contribution >= 0.6 is 0 Å². The fraction of sp³-hybridized carbons (Fsp3) is 0.455. The first-order chi connectivity index (χ1) is 23.3. The predicted octanol–water partition coefficient (Wildman–Crippen LogP) is 4.21. The van der Waals surface area contributed by atoms with Crippen LogP contribution in [0.3, 0.4) is 0 Å². The topological polar surface area (TPSA) is 199 Å². The maximum Gasteiger partial charge on any atom is 0.326 e. The largest absolute Gasteiger partial charge is 0.491 e. The van der Waals surface area contributed by atoms with Gasteiger partial charge in [0.25, 0.3) is 5.91 Å². The molecule has 2 aliphatic heterocycles. The molecule has 3 heterocycles. The Morgan fingerprint density at radius 2 is 1.67 bits per heavy atom. The van der Waals surface area contributed by atoms with Crippen molar-refractivity contribution in [3.05, 3.63) is 53.6 Å². The van der Waals surface area contributed by atoms with E-state index in [2.05, 4.69) is 30.9 Å². The molecule has 0 saturated heterocycles. The number of fused-ring (bicyclic) bond motifs is 12. The minimum Gasteiger partial charge on any atom is -0.491 e. The van der Waals surface area contributed by atoms with Crippen molar-refractivity contribution in [3.8, 4) is 17.5 Å². The standard InChI is InChI=1S/C33H43N7O8/c1-3-46-33-39-31-35-21-23-8-11-25(12-9-23)47-18-16-44-14-15-45-17-19-48-28-20-24(36-32(38-31)40-33)10-13-26(28)29(41)37-27(30(42)43)7-5-4-6-22(2)34/h8-13,20,27,34H,3-7,14-19,21H2,1-2H3,(H,37,41)(H,42,43)(H2,35,36,38,39,40)/t27-/m1/s1. The van der Waals surface area contributed by atoms with Gasteiger partial charge in [-0.05, 0) is 62.9 Å². The van der Waals surface area contributed by atoms with E-state index < -0.39 is 17.9 Å². The Hall–Kier alpha value is -5.02. The van der Waals surface area contributed by atoms with Crippen LogP contribution in [0.5, 0.6) is 17.5 Å². The quantitative estimate of drug-likeness (QED) is 0.117. The number of carboxylic acid groups (broad SMARTS) is 1. The van der Waals surface area contributed by atoms with Gasteiger partial charge in [-0.3, -0.25) is 4.79 Å². The van der Waals surface area contributed by atoms with Crippen LogP contribution in [0, 0.1) is 5.41 Å². The van der Waals surface area contributed by atoms with Gasteiger partial charge < -0.3 is 50.2 Å². The number of aliphatic carboxylic acids is 1. The van der Waals surface area contributed by atoms with Gasteiger partial charge in [-0.25, -0.2) is 4.79 Å². The lowest BCUT2D eigenvalue weighted by Crippen LogP contribution is -2.40. The Kier molecular flexibility index (Phi) is 14.2. The zero-order valence-corrected chi connectivity index (χ0v) is 27.3. The lowest BCUT2D eigenvalue weighted by atomic mass is 10.1. The predicted molar refractivity (Wildman–Crippen MR) is 178 cm³/mol. The van der Waals surface area contributed by atoms with Crippen LogP contribution in [-0.2, 0) is 20.8 Å². The highest BCUT2D eigenvalue weighted by Gasteiger charge is 2.23. The molecule has 2 aliphatic rings. The maximum atomic E-state index is 13.4. The summed E-state index contributed by atoms with van der Waals surface area (Å²) in [4.78, 5) is 38.5. The van der Waals surface area contributed by atoms with Gasteiger partial charge in [0.1, 0.15) is 30.8 Å². The number of amides is 1. The number of nitrogens with one attached hydrogen (secondary N) is 4. The minimum absolute atomic E-state index is 0.113. The zero-order valence-electron chi connectivity index (χ0n) is 27.3. The third-order valence-electron chi connectivity index (χ3n) is 7.00. The number of hydrogen-bond donors (Lipinski definition) is 5. The Morgan fingerprint density at radius 3 is 2.38 bits per heavy atom. The Labute approximate surface area is 279 Å². The van der Waals surface area contributed by atoms with Crippen molar-refractivity contribution < 1.29 is 38.4 Å². The maximum absolute atomic E-state index is 13.4. The molecule has 5 N–H and O–H groups in total. The molecule has 15 nitrogen and oxygen atoms in total. The molecule has 0 fully saturated rings. The van der Waals surface area contributed by atoms with Crippen molar-refractivity contribution in [2.45, 2.75) is 52.1 Å². The summed E-state index contributed by atoms with van der Waals surface area (Å²) in [6.07, 6.45) is 2.02. The fourth-order valence-corrected chi connectivity index (χ4v) is 4.59. The van der Waals surface area contributed by atoms with E-state index in [1.165, 1.54) is 6.07 Å². The van der Waals surface area contributed by atoms with E-state index in [0.717, 1.165) is 11.3 Å². The number of carbonyl (C=O) groups excluding carboxylic acids is 1. The van der Waals surface area contributed by atoms with Gasteiger partial charge >= 0.3 is 12.0 Å². The van der Waals surface area contributed by atoms with E-state index in [9.17, 15) is 14.7 Å². The third kappa shape index (κ3) is 12.0. The Balaban J connectivity index is 1.56. The molecule has 2 aromatic carbocycles. The van der Waals surface area contributed by atoms with Crippen molar-refractivity contribution in [2.75, 3.05) is 56.9 Å². The number of benzene rings is 2. The molecule has 0 spiro atoms. The summed E-state index contributed by atoms with van der Waals surface area (Å²) in [6.45, 7) is 6.12. The van der Waals surface area contributed by atoms with Gasteiger partial charge in [0, 0.05) is 24.0 Å². The van der Waals surface area contributed by atoms with Crippen LogP contribution in [0.15, 0.2) is 42.5 Å². The third-order valence-corrected chi connectivity index (χ3v) is 7.00. The van der Waals surface area contributed by atoms with Crippen LogP contribution in [0.4, 0.5) is 17.6 Å². The summed E-state index contributed by atoms with van der Waals surface area (Å²) < 4.78 is 28.5. The summed E-state index contributed by atoms with van der Waals surface area (Å²) in [5.41, 5.74) is 2.15. The highest BCUT2D eigenvalue weighted by Crippen LogP contribution is 2.26. The number of ether oxygens (including phenoxy) is 5. The first kappa shape index (κ1) is 35.8. The summed E-state index contributed by atoms with van der Waals surface area (Å²) in [5.74, 6) is -0.332.